The van der Waals surface area contributed by atoms with E-state index in [2.05, 4.69) is 26.1 Å². The molecule has 0 aromatic heterocycles. The quantitative estimate of drug-likeness (QED) is 0.815. The predicted molar refractivity (Wildman–Crippen MR) is 90.8 cm³/mol. The van der Waals surface area contributed by atoms with Crippen LogP contribution in [0.1, 0.15) is 59.3 Å². The van der Waals surface area contributed by atoms with Gasteiger partial charge in [-0.15, -0.1) is 0 Å². The third-order valence-electron chi connectivity index (χ3n) is 5.32. The minimum atomic E-state index is -3.01. The van der Waals surface area contributed by atoms with E-state index in [-0.39, 0.29) is 36.8 Å². The molecule has 2 unspecified atom stereocenters. The molecular formula is C17H31NO4S. The molecule has 5 nitrogen and oxygen atoms in total. The Morgan fingerprint density at radius 1 is 1.22 bits per heavy atom. The van der Waals surface area contributed by atoms with E-state index in [1.807, 2.05) is 0 Å². The molecule has 2 fully saturated rings. The molecule has 0 radical (unpaired) electrons. The lowest BCUT2D eigenvalue weighted by Crippen LogP contribution is -2.48. The van der Waals surface area contributed by atoms with Gasteiger partial charge in [-0.3, -0.25) is 4.79 Å². The molecule has 0 bridgehead atoms. The summed E-state index contributed by atoms with van der Waals surface area (Å²) in [7, 11) is -3.01. The summed E-state index contributed by atoms with van der Waals surface area (Å²) in [4.78, 5) is 12.2. The Morgan fingerprint density at radius 2 is 1.83 bits per heavy atom. The fourth-order valence-corrected chi connectivity index (χ4v) is 5.98. The molecule has 23 heavy (non-hydrogen) atoms. The minimum absolute atomic E-state index is 0.00764. The van der Waals surface area contributed by atoms with E-state index in [9.17, 15) is 18.3 Å². The first kappa shape index (κ1) is 18.7. The summed E-state index contributed by atoms with van der Waals surface area (Å²) in [5.41, 5.74) is -0.779. The SMILES string of the molecule is CC1CC(CC(=O)NCC2(O)CCS(=O)(=O)CC2)CC(C)(C)C1. The van der Waals surface area contributed by atoms with E-state index in [1.54, 1.807) is 0 Å². The Bertz CT molecular complexity index is 527. The van der Waals surface area contributed by atoms with Crippen LogP contribution in [0.2, 0.25) is 0 Å². The number of rotatable bonds is 4. The second-order valence-corrected chi connectivity index (χ2v) is 10.9. The van der Waals surface area contributed by atoms with Crippen molar-refractivity contribution >= 4 is 15.7 Å². The van der Waals surface area contributed by atoms with Crippen molar-refractivity contribution in [2.24, 2.45) is 17.3 Å². The molecule has 0 spiro atoms. The van der Waals surface area contributed by atoms with E-state index < -0.39 is 15.4 Å². The third kappa shape index (κ3) is 5.75. The van der Waals surface area contributed by atoms with Gasteiger partial charge < -0.3 is 10.4 Å². The fourth-order valence-electron chi connectivity index (χ4n) is 4.39. The summed E-state index contributed by atoms with van der Waals surface area (Å²) in [6, 6.07) is 0. The highest BCUT2D eigenvalue weighted by Gasteiger charge is 2.36. The highest BCUT2D eigenvalue weighted by molar-refractivity contribution is 7.91. The number of hydrogen-bond acceptors (Lipinski definition) is 4. The van der Waals surface area contributed by atoms with Gasteiger partial charge in [0.05, 0.1) is 17.1 Å². The largest absolute Gasteiger partial charge is 0.388 e. The Balaban J connectivity index is 1.79. The summed E-state index contributed by atoms with van der Waals surface area (Å²) in [6.07, 6.45) is 4.28. The van der Waals surface area contributed by atoms with Crippen molar-refractivity contribution in [3.05, 3.63) is 0 Å². The molecule has 0 aromatic carbocycles. The highest BCUT2D eigenvalue weighted by Crippen LogP contribution is 2.42. The van der Waals surface area contributed by atoms with Crippen LogP contribution in [0, 0.1) is 17.3 Å². The number of hydrogen-bond donors (Lipinski definition) is 2. The van der Waals surface area contributed by atoms with Crippen LogP contribution in [0.25, 0.3) is 0 Å². The monoisotopic (exact) mass is 345 g/mol. The fraction of sp³-hybridized carbons (Fsp3) is 0.941. The lowest BCUT2D eigenvalue weighted by atomic mass is 9.67. The molecular weight excluding hydrogens is 314 g/mol. The summed E-state index contributed by atoms with van der Waals surface area (Å²) in [6.45, 7) is 6.93. The van der Waals surface area contributed by atoms with Crippen molar-refractivity contribution in [1.29, 1.82) is 0 Å². The summed E-state index contributed by atoms with van der Waals surface area (Å²) in [5.74, 6) is 1.03. The molecule has 2 rings (SSSR count). The normalized spacial score (nSPS) is 32.2. The number of sulfone groups is 1. The van der Waals surface area contributed by atoms with E-state index in [0.29, 0.717) is 23.7 Å². The van der Waals surface area contributed by atoms with Gasteiger partial charge in [-0.05, 0) is 49.4 Å². The van der Waals surface area contributed by atoms with Crippen LogP contribution < -0.4 is 5.32 Å². The average Bonchev–Trinajstić information content (AvgIpc) is 2.38. The molecule has 2 atom stereocenters. The zero-order valence-electron chi connectivity index (χ0n) is 14.6. The maximum absolute atomic E-state index is 12.2. The number of carbonyl (C=O) groups excluding carboxylic acids is 1. The summed E-state index contributed by atoms with van der Waals surface area (Å²) >= 11 is 0. The zero-order chi connectivity index (χ0) is 17.3. The van der Waals surface area contributed by atoms with Crippen LogP contribution in [0.15, 0.2) is 0 Å². The van der Waals surface area contributed by atoms with Gasteiger partial charge in [0.1, 0.15) is 0 Å². The molecule has 1 heterocycles. The van der Waals surface area contributed by atoms with Crippen molar-refractivity contribution in [2.45, 2.75) is 64.9 Å². The Kier molecular flexibility index (Phi) is 5.46. The summed E-state index contributed by atoms with van der Waals surface area (Å²) in [5, 5.41) is 13.2. The first-order valence-corrected chi connectivity index (χ1v) is 10.5. The Morgan fingerprint density at radius 3 is 2.39 bits per heavy atom. The van der Waals surface area contributed by atoms with Crippen molar-refractivity contribution in [1.82, 2.24) is 5.32 Å². The summed E-state index contributed by atoms with van der Waals surface area (Å²) < 4.78 is 22.9. The van der Waals surface area contributed by atoms with E-state index in [0.717, 1.165) is 12.8 Å². The maximum Gasteiger partial charge on any atom is 0.220 e. The molecule has 1 saturated carbocycles. The smallest absolute Gasteiger partial charge is 0.220 e. The van der Waals surface area contributed by atoms with Crippen LogP contribution in [0.3, 0.4) is 0 Å². The van der Waals surface area contributed by atoms with Gasteiger partial charge in [0.2, 0.25) is 5.91 Å². The number of aliphatic hydroxyl groups is 1. The van der Waals surface area contributed by atoms with Crippen LogP contribution >= 0.6 is 0 Å². The van der Waals surface area contributed by atoms with Gasteiger partial charge >= 0.3 is 0 Å². The minimum Gasteiger partial charge on any atom is -0.388 e. The van der Waals surface area contributed by atoms with Crippen LogP contribution in [-0.4, -0.2) is 43.1 Å². The molecule has 134 valence electrons. The first-order chi connectivity index (χ1) is 10.5. The zero-order valence-corrected chi connectivity index (χ0v) is 15.4. The average molecular weight is 346 g/mol. The number of carbonyl (C=O) groups is 1. The van der Waals surface area contributed by atoms with Crippen molar-refractivity contribution in [3.8, 4) is 0 Å². The van der Waals surface area contributed by atoms with Gasteiger partial charge in [-0.2, -0.15) is 0 Å². The second-order valence-electron chi connectivity index (χ2n) is 8.64. The third-order valence-corrected chi connectivity index (χ3v) is 6.98. The Hall–Kier alpha value is -0.620. The van der Waals surface area contributed by atoms with Gasteiger partial charge in [-0.1, -0.05) is 20.8 Å². The molecule has 0 aromatic rings. The number of amides is 1. The maximum atomic E-state index is 12.2. The molecule has 1 amide bonds. The van der Waals surface area contributed by atoms with Gasteiger partial charge in [0.15, 0.2) is 9.84 Å². The molecule has 1 saturated heterocycles. The van der Waals surface area contributed by atoms with Crippen LogP contribution in [0.4, 0.5) is 0 Å². The predicted octanol–water partition coefficient (Wildman–Crippen LogP) is 1.89. The van der Waals surface area contributed by atoms with Crippen LogP contribution in [-0.2, 0) is 14.6 Å². The lowest BCUT2D eigenvalue weighted by Gasteiger charge is -2.39. The standard InChI is InChI=1S/C17H31NO4S/c1-13-8-14(11-16(2,3)10-13)9-15(19)18-12-17(20)4-6-23(21,22)7-5-17/h13-14,20H,4-12H2,1-3H3,(H,18,19). The first-order valence-electron chi connectivity index (χ1n) is 8.68. The second kappa shape index (κ2) is 6.71. The number of nitrogens with one attached hydrogen (secondary N) is 1. The molecule has 2 aliphatic rings. The molecule has 2 N–H and O–H groups in total. The molecule has 1 aliphatic carbocycles. The van der Waals surface area contributed by atoms with Gasteiger partial charge in [0.25, 0.3) is 0 Å². The van der Waals surface area contributed by atoms with Crippen LogP contribution in [0.5, 0.6) is 0 Å². The van der Waals surface area contributed by atoms with E-state index in [4.69, 9.17) is 0 Å². The van der Waals surface area contributed by atoms with Crippen molar-refractivity contribution in [2.75, 3.05) is 18.1 Å². The molecule has 6 heteroatoms. The Labute approximate surface area is 140 Å². The molecule has 1 aliphatic heterocycles. The topological polar surface area (TPSA) is 83.5 Å². The van der Waals surface area contributed by atoms with Gasteiger partial charge in [0, 0.05) is 13.0 Å². The van der Waals surface area contributed by atoms with E-state index >= 15 is 0 Å². The lowest BCUT2D eigenvalue weighted by molar-refractivity contribution is -0.124. The van der Waals surface area contributed by atoms with Gasteiger partial charge in [-0.25, -0.2) is 8.42 Å². The highest BCUT2D eigenvalue weighted by atomic mass is 32.2. The van der Waals surface area contributed by atoms with Crippen molar-refractivity contribution < 1.29 is 18.3 Å². The van der Waals surface area contributed by atoms with E-state index in [1.165, 1.54) is 6.42 Å². The van der Waals surface area contributed by atoms with Crippen molar-refractivity contribution in [3.63, 3.8) is 0 Å².